The van der Waals surface area contributed by atoms with Gasteiger partial charge in [0, 0.05) is 12.0 Å². The minimum atomic E-state index is -1.10. The Bertz CT molecular complexity index is 894. The van der Waals surface area contributed by atoms with Crippen molar-refractivity contribution in [2.75, 3.05) is 6.54 Å². The second-order valence-electron chi connectivity index (χ2n) is 7.35. The summed E-state index contributed by atoms with van der Waals surface area (Å²) in [4.78, 5) is 35.8. The van der Waals surface area contributed by atoms with E-state index in [1.165, 1.54) is 12.5 Å². The minimum absolute atomic E-state index is 0.0487. The van der Waals surface area contributed by atoms with Gasteiger partial charge in [-0.05, 0) is 48.6 Å². The maximum atomic E-state index is 12.6. The summed E-state index contributed by atoms with van der Waals surface area (Å²) in [7, 11) is 0. The average Bonchev–Trinajstić information content (AvgIpc) is 2.76. The number of hydrogen-bond donors (Lipinski definition) is 4. The van der Waals surface area contributed by atoms with Crippen molar-refractivity contribution < 1.29 is 24.7 Å². The molecule has 0 saturated carbocycles. The molecule has 166 valence electrons. The topological polar surface area (TPSA) is 133 Å². The molecule has 2 rings (SSSR count). The van der Waals surface area contributed by atoms with Gasteiger partial charge in [-0.1, -0.05) is 43.3 Å². The summed E-state index contributed by atoms with van der Waals surface area (Å²) in [6.07, 6.45) is -0.0454. The summed E-state index contributed by atoms with van der Waals surface area (Å²) < 4.78 is 0. The van der Waals surface area contributed by atoms with E-state index in [9.17, 15) is 24.7 Å². The second-order valence-corrected chi connectivity index (χ2v) is 7.35. The Morgan fingerprint density at radius 1 is 1.03 bits per heavy atom. The highest BCUT2D eigenvalue weighted by atomic mass is 16.5. The predicted octanol–water partition coefficient (Wildman–Crippen LogP) is 2.51. The highest BCUT2D eigenvalue weighted by Crippen LogP contribution is 2.20. The number of urea groups is 1. The van der Waals surface area contributed by atoms with Crippen LogP contribution in [-0.2, 0) is 11.2 Å². The van der Waals surface area contributed by atoms with Crippen LogP contribution in [0.15, 0.2) is 48.5 Å². The Morgan fingerprint density at radius 2 is 1.58 bits per heavy atom. The number of Topliss-reactive ketones (excluding diaryl/α,β-unsaturated/α-hetero) is 1. The number of primary amides is 1. The predicted molar refractivity (Wildman–Crippen MR) is 117 cm³/mol. The number of aliphatic hydroxyl groups excluding tert-OH is 1. The van der Waals surface area contributed by atoms with E-state index in [0.29, 0.717) is 10.6 Å². The number of nitrogens with two attached hydrogens (primary N) is 1. The molecule has 0 aliphatic rings. The summed E-state index contributed by atoms with van der Waals surface area (Å²) >= 11 is 0. The standard InChI is InChI=1S/C23H29N3O5/c1-3-16-6-8-17(9-7-16)18-10-12-19(13-11-18)22(29)25-21(15(2)27)20(28)5-4-14-26(31)23(24)30/h6-13,15,21,27,31H,3-5,14H2,1-2H3,(H2,24,30)(H,25,29)/t15-,21+/m1/s1. The van der Waals surface area contributed by atoms with E-state index in [2.05, 4.69) is 24.4 Å². The fourth-order valence-corrected chi connectivity index (χ4v) is 3.11. The number of aryl methyl sites for hydroxylation is 1. The van der Waals surface area contributed by atoms with E-state index in [1.807, 2.05) is 24.3 Å². The zero-order chi connectivity index (χ0) is 23.0. The molecule has 2 atom stereocenters. The van der Waals surface area contributed by atoms with Crippen molar-refractivity contribution in [1.82, 2.24) is 10.4 Å². The van der Waals surface area contributed by atoms with Crippen molar-refractivity contribution in [2.24, 2.45) is 5.73 Å². The Labute approximate surface area is 181 Å². The molecule has 0 bridgehead atoms. The Kier molecular flexibility index (Phi) is 8.72. The van der Waals surface area contributed by atoms with Crippen LogP contribution in [0, 0.1) is 0 Å². The summed E-state index contributed by atoms with van der Waals surface area (Å²) in [5.74, 6) is -0.887. The zero-order valence-electron chi connectivity index (χ0n) is 17.7. The van der Waals surface area contributed by atoms with Gasteiger partial charge in [-0.15, -0.1) is 0 Å². The highest BCUT2D eigenvalue weighted by Gasteiger charge is 2.25. The summed E-state index contributed by atoms with van der Waals surface area (Å²) in [6, 6.07) is 13.1. The number of benzene rings is 2. The SMILES string of the molecule is CCc1ccc(-c2ccc(C(=O)N[C@H](C(=O)CCCN(O)C(N)=O)[C@@H](C)O)cc2)cc1. The molecule has 0 fully saturated rings. The van der Waals surface area contributed by atoms with Gasteiger partial charge >= 0.3 is 6.03 Å². The van der Waals surface area contributed by atoms with Crippen molar-refractivity contribution in [3.8, 4) is 11.1 Å². The van der Waals surface area contributed by atoms with Gasteiger partial charge in [0.15, 0.2) is 5.78 Å². The van der Waals surface area contributed by atoms with Gasteiger partial charge in [-0.3, -0.25) is 14.8 Å². The number of hydroxylamine groups is 2. The number of amides is 3. The molecule has 31 heavy (non-hydrogen) atoms. The van der Waals surface area contributed by atoms with Crippen LogP contribution < -0.4 is 11.1 Å². The molecule has 0 aromatic heterocycles. The number of carbonyl (C=O) groups is 3. The summed E-state index contributed by atoms with van der Waals surface area (Å²) in [6.45, 7) is 3.38. The smallest absolute Gasteiger partial charge is 0.338 e. The monoisotopic (exact) mass is 427 g/mol. The van der Waals surface area contributed by atoms with E-state index in [0.717, 1.165) is 17.5 Å². The van der Waals surface area contributed by atoms with Crippen molar-refractivity contribution in [3.05, 3.63) is 59.7 Å². The summed E-state index contributed by atoms with van der Waals surface area (Å²) in [5.41, 5.74) is 8.52. The third-order valence-electron chi connectivity index (χ3n) is 5.01. The molecule has 0 spiro atoms. The highest BCUT2D eigenvalue weighted by molar-refractivity contribution is 5.98. The molecule has 3 amide bonds. The lowest BCUT2D eigenvalue weighted by Gasteiger charge is -2.21. The Morgan fingerprint density at radius 3 is 2.06 bits per heavy atom. The number of ketones is 1. The van der Waals surface area contributed by atoms with Crippen molar-refractivity contribution >= 4 is 17.7 Å². The molecule has 0 heterocycles. The van der Waals surface area contributed by atoms with Gasteiger partial charge in [0.05, 0.1) is 12.6 Å². The average molecular weight is 428 g/mol. The minimum Gasteiger partial charge on any atom is -0.391 e. The molecule has 0 radical (unpaired) electrons. The molecule has 8 nitrogen and oxygen atoms in total. The van der Waals surface area contributed by atoms with Crippen LogP contribution in [0.2, 0.25) is 0 Å². The van der Waals surface area contributed by atoms with Crippen LogP contribution >= 0.6 is 0 Å². The fourth-order valence-electron chi connectivity index (χ4n) is 3.11. The molecule has 8 heteroatoms. The Hall–Kier alpha value is -3.23. The van der Waals surface area contributed by atoms with Gasteiger partial charge in [-0.2, -0.15) is 0 Å². The van der Waals surface area contributed by atoms with Crippen molar-refractivity contribution in [1.29, 1.82) is 0 Å². The third-order valence-corrected chi connectivity index (χ3v) is 5.01. The fraction of sp³-hybridized carbons (Fsp3) is 0.348. The van der Waals surface area contributed by atoms with Gasteiger partial charge in [0.2, 0.25) is 0 Å². The number of carbonyl (C=O) groups excluding carboxylic acids is 3. The maximum absolute atomic E-state index is 12.6. The number of hydrogen-bond acceptors (Lipinski definition) is 5. The first-order chi connectivity index (χ1) is 14.7. The normalized spacial score (nSPS) is 12.6. The van der Waals surface area contributed by atoms with E-state index in [-0.39, 0.29) is 19.4 Å². The van der Waals surface area contributed by atoms with E-state index >= 15 is 0 Å². The van der Waals surface area contributed by atoms with Crippen LogP contribution in [0.3, 0.4) is 0 Å². The lowest BCUT2D eigenvalue weighted by molar-refractivity contribution is -0.123. The number of nitrogens with zero attached hydrogens (tertiary/aromatic N) is 1. The van der Waals surface area contributed by atoms with Gasteiger partial charge in [0.25, 0.3) is 5.91 Å². The number of rotatable bonds is 10. The first-order valence-electron chi connectivity index (χ1n) is 10.2. The molecular weight excluding hydrogens is 398 g/mol. The third kappa shape index (κ3) is 6.91. The van der Waals surface area contributed by atoms with Crippen LogP contribution in [0.5, 0.6) is 0 Å². The number of aliphatic hydroxyl groups is 1. The maximum Gasteiger partial charge on any atom is 0.338 e. The van der Waals surface area contributed by atoms with Crippen molar-refractivity contribution in [2.45, 2.75) is 45.3 Å². The van der Waals surface area contributed by atoms with Crippen LogP contribution in [-0.4, -0.2) is 51.8 Å². The largest absolute Gasteiger partial charge is 0.391 e. The van der Waals surface area contributed by atoms with Crippen LogP contribution in [0.25, 0.3) is 11.1 Å². The molecule has 2 aromatic carbocycles. The van der Waals surface area contributed by atoms with Crippen molar-refractivity contribution in [3.63, 3.8) is 0 Å². The first kappa shape index (κ1) is 24.0. The van der Waals surface area contributed by atoms with Gasteiger partial charge < -0.3 is 16.2 Å². The second kappa shape index (κ2) is 11.2. The van der Waals surface area contributed by atoms with Crippen LogP contribution in [0.4, 0.5) is 4.79 Å². The van der Waals surface area contributed by atoms with E-state index < -0.39 is 29.9 Å². The Balaban J connectivity index is 1.99. The molecule has 2 aromatic rings. The van der Waals surface area contributed by atoms with E-state index in [4.69, 9.17) is 5.73 Å². The zero-order valence-corrected chi connectivity index (χ0v) is 17.7. The van der Waals surface area contributed by atoms with Gasteiger partial charge in [0.1, 0.15) is 6.04 Å². The van der Waals surface area contributed by atoms with Crippen LogP contribution in [0.1, 0.15) is 42.6 Å². The molecule has 5 N–H and O–H groups in total. The van der Waals surface area contributed by atoms with Gasteiger partial charge in [-0.25, -0.2) is 9.86 Å². The molecule has 0 aliphatic heterocycles. The first-order valence-corrected chi connectivity index (χ1v) is 10.2. The summed E-state index contributed by atoms with van der Waals surface area (Å²) in [5, 5.41) is 22.0. The van der Waals surface area contributed by atoms with E-state index in [1.54, 1.807) is 12.1 Å². The molecule has 0 saturated heterocycles. The lowest BCUT2D eigenvalue weighted by Crippen LogP contribution is -2.47. The molecule has 0 aliphatic carbocycles. The quantitative estimate of drug-likeness (QED) is 0.342. The number of nitrogens with one attached hydrogen (secondary N) is 1. The molecule has 0 unspecified atom stereocenters. The lowest BCUT2D eigenvalue weighted by atomic mass is 10.0. The molecular formula is C23H29N3O5.